The lowest BCUT2D eigenvalue weighted by molar-refractivity contribution is 0.318. The van der Waals surface area contributed by atoms with E-state index in [4.69, 9.17) is 10.9 Å². The minimum Gasteiger partial charge on any atom is -0.409 e. The van der Waals surface area contributed by atoms with E-state index >= 15 is 0 Å². The van der Waals surface area contributed by atoms with Crippen LogP contribution in [0.15, 0.2) is 45.3 Å². The minimum absolute atomic E-state index is 0.124. The van der Waals surface area contributed by atoms with E-state index in [1.165, 1.54) is 17.7 Å². The van der Waals surface area contributed by atoms with Gasteiger partial charge < -0.3 is 15.8 Å². The summed E-state index contributed by atoms with van der Waals surface area (Å²) in [7, 11) is 0. The number of benzene rings is 1. The lowest BCUT2D eigenvalue weighted by Crippen LogP contribution is -2.25. The van der Waals surface area contributed by atoms with Crippen LogP contribution in [0.2, 0.25) is 0 Å². The van der Waals surface area contributed by atoms with Crippen LogP contribution in [-0.4, -0.2) is 17.1 Å². The summed E-state index contributed by atoms with van der Waals surface area (Å²) < 4.78 is 0.968. The predicted octanol–water partition coefficient (Wildman–Crippen LogP) is 3.77. The van der Waals surface area contributed by atoms with Crippen LogP contribution in [0.1, 0.15) is 23.3 Å². The first-order valence-electron chi connectivity index (χ1n) is 6.75. The largest absolute Gasteiger partial charge is 0.409 e. The second-order valence-electron chi connectivity index (χ2n) is 5.09. The van der Waals surface area contributed by atoms with Gasteiger partial charge in [0.15, 0.2) is 5.84 Å². The van der Waals surface area contributed by atoms with Crippen LogP contribution in [0.25, 0.3) is 0 Å². The summed E-state index contributed by atoms with van der Waals surface area (Å²) in [5.41, 5.74) is 7.50. The number of nitrogens with two attached hydrogens (primary N) is 1. The van der Waals surface area contributed by atoms with Gasteiger partial charge in [-0.3, -0.25) is 0 Å². The maximum atomic E-state index is 8.77. The van der Waals surface area contributed by atoms with Crippen molar-refractivity contribution in [3.05, 3.63) is 50.6 Å². The molecule has 1 aromatic carbocycles. The Morgan fingerprint density at radius 3 is 2.81 bits per heavy atom. The third-order valence-electron chi connectivity index (χ3n) is 3.55. The molecule has 1 aliphatic carbocycles. The van der Waals surface area contributed by atoms with Crippen molar-refractivity contribution in [2.45, 2.75) is 25.4 Å². The summed E-state index contributed by atoms with van der Waals surface area (Å²) in [6.07, 6.45) is 2.47. The highest BCUT2D eigenvalue weighted by Crippen LogP contribution is 2.37. The Balaban J connectivity index is 1.89. The molecule has 3 rings (SSSR count). The normalized spacial score (nSPS) is 15.2. The quantitative estimate of drug-likeness (QED) is 0.366. The topological polar surface area (TPSA) is 61.9 Å². The molecule has 21 heavy (non-hydrogen) atoms. The number of nitrogens with zero attached hydrogens (tertiary/aromatic N) is 2. The van der Waals surface area contributed by atoms with Gasteiger partial charge >= 0.3 is 0 Å². The highest BCUT2D eigenvalue weighted by atomic mass is 79.9. The third-order valence-corrected chi connectivity index (χ3v) is 5.05. The van der Waals surface area contributed by atoms with Gasteiger partial charge in [-0.1, -0.05) is 11.2 Å². The van der Waals surface area contributed by atoms with Gasteiger partial charge in [0.05, 0.1) is 12.2 Å². The van der Waals surface area contributed by atoms with Crippen LogP contribution in [0.4, 0.5) is 5.69 Å². The van der Waals surface area contributed by atoms with Crippen LogP contribution in [0.5, 0.6) is 0 Å². The summed E-state index contributed by atoms with van der Waals surface area (Å²) in [5.74, 6) is 0.124. The molecule has 1 heterocycles. The van der Waals surface area contributed by atoms with E-state index in [0.717, 1.165) is 16.7 Å². The van der Waals surface area contributed by atoms with Gasteiger partial charge in [0.1, 0.15) is 0 Å². The number of hydrogen-bond acceptors (Lipinski definition) is 4. The molecule has 0 bridgehead atoms. The number of rotatable bonds is 5. The molecule has 0 unspecified atom stereocenters. The van der Waals surface area contributed by atoms with Crippen LogP contribution in [-0.2, 0) is 6.54 Å². The van der Waals surface area contributed by atoms with Crippen molar-refractivity contribution in [1.29, 1.82) is 0 Å². The molecular formula is C15H16BrN3OS. The van der Waals surface area contributed by atoms with E-state index in [2.05, 4.69) is 43.5 Å². The van der Waals surface area contributed by atoms with E-state index < -0.39 is 0 Å². The fraction of sp³-hybridized carbons (Fsp3) is 0.267. The average Bonchev–Trinajstić information content (AvgIpc) is 3.21. The molecular weight excluding hydrogens is 350 g/mol. The Bertz CT molecular complexity index is 653. The van der Waals surface area contributed by atoms with Crippen molar-refractivity contribution in [2.75, 3.05) is 4.90 Å². The Morgan fingerprint density at radius 2 is 2.24 bits per heavy atom. The molecule has 110 valence electrons. The monoisotopic (exact) mass is 365 g/mol. The summed E-state index contributed by atoms with van der Waals surface area (Å²) in [4.78, 5) is 3.78. The van der Waals surface area contributed by atoms with Gasteiger partial charge in [-0.05, 0) is 58.4 Å². The van der Waals surface area contributed by atoms with Gasteiger partial charge in [-0.2, -0.15) is 0 Å². The third kappa shape index (κ3) is 3.22. The SMILES string of the molecule is N/C(=N/O)c1ccc(N(Cc2cccs2)C2CC2)c(Br)c1. The lowest BCUT2D eigenvalue weighted by atomic mass is 10.1. The number of anilines is 1. The van der Waals surface area contributed by atoms with Gasteiger partial charge in [0.25, 0.3) is 0 Å². The zero-order valence-corrected chi connectivity index (χ0v) is 13.8. The van der Waals surface area contributed by atoms with Gasteiger partial charge in [0.2, 0.25) is 0 Å². The van der Waals surface area contributed by atoms with Gasteiger partial charge in [0, 0.05) is 21.0 Å². The maximum absolute atomic E-state index is 8.77. The second kappa shape index (κ2) is 6.07. The molecule has 1 fully saturated rings. The lowest BCUT2D eigenvalue weighted by Gasteiger charge is -2.25. The smallest absolute Gasteiger partial charge is 0.170 e. The van der Waals surface area contributed by atoms with E-state index in [0.29, 0.717) is 11.6 Å². The Hall–Kier alpha value is -1.53. The standard InChI is InChI=1S/C15H16BrN3OS/c16-13-8-10(15(17)18-20)3-6-14(13)19(11-4-5-11)9-12-2-1-7-21-12/h1-3,6-8,11,20H,4-5,9H2,(H2,17,18). The summed E-state index contributed by atoms with van der Waals surface area (Å²) in [6.45, 7) is 0.920. The first-order chi connectivity index (χ1) is 10.2. The molecule has 0 saturated heterocycles. The first-order valence-corrected chi connectivity index (χ1v) is 8.43. The average molecular weight is 366 g/mol. The van der Waals surface area contributed by atoms with Crippen LogP contribution < -0.4 is 10.6 Å². The number of thiophene rings is 1. The highest BCUT2D eigenvalue weighted by molar-refractivity contribution is 9.10. The van der Waals surface area contributed by atoms with Crippen molar-refractivity contribution in [2.24, 2.45) is 10.9 Å². The molecule has 1 aliphatic rings. The summed E-state index contributed by atoms with van der Waals surface area (Å²) in [6, 6.07) is 10.7. The van der Waals surface area contributed by atoms with E-state index in [9.17, 15) is 0 Å². The fourth-order valence-corrected chi connectivity index (χ4v) is 3.63. The van der Waals surface area contributed by atoms with Gasteiger partial charge in [-0.25, -0.2) is 0 Å². The molecule has 3 N–H and O–H groups in total. The first kappa shape index (κ1) is 14.4. The van der Waals surface area contributed by atoms with Gasteiger partial charge in [-0.15, -0.1) is 11.3 Å². The number of hydrogen-bond donors (Lipinski definition) is 2. The molecule has 6 heteroatoms. The Morgan fingerprint density at radius 1 is 1.43 bits per heavy atom. The second-order valence-corrected chi connectivity index (χ2v) is 6.98. The molecule has 0 aliphatic heterocycles. The van der Waals surface area contributed by atoms with Crippen LogP contribution >= 0.6 is 27.3 Å². The minimum atomic E-state index is 0.124. The molecule has 0 spiro atoms. The van der Waals surface area contributed by atoms with Crippen molar-refractivity contribution >= 4 is 38.8 Å². The summed E-state index contributed by atoms with van der Waals surface area (Å²) in [5, 5.41) is 13.9. The summed E-state index contributed by atoms with van der Waals surface area (Å²) >= 11 is 5.39. The zero-order chi connectivity index (χ0) is 14.8. The highest BCUT2D eigenvalue weighted by Gasteiger charge is 2.30. The number of amidine groups is 1. The van der Waals surface area contributed by atoms with E-state index in [-0.39, 0.29) is 5.84 Å². The van der Waals surface area contributed by atoms with Crippen LogP contribution in [0.3, 0.4) is 0 Å². The van der Waals surface area contributed by atoms with E-state index in [1.807, 2.05) is 18.2 Å². The number of oxime groups is 1. The maximum Gasteiger partial charge on any atom is 0.170 e. The zero-order valence-electron chi connectivity index (χ0n) is 11.4. The Labute approximate surface area is 136 Å². The van der Waals surface area contributed by atoms with Crippen molar-refractivity contribution in [3.8, 4) is 0 Å². The molecule has 2 aromatic rings. The van der Waals surface area contributed by atoms with Crippen molar-refractivity contribution in [1.82, 2.24) is 0 Å². The predicted molar refractivity (Wildman–Crippen MR) is 90.2 cm³/mol. The van der Waals surface area contributed by atoms with Crippen molar-refractivity contribution < 1.29 is 5.21 Å². The Kier molecular flexibility index (Phi) is 4.17. The molecule has 0 radical (unpaired) electrons. The fourth-order valence-electron chi connectivity index (χ4n) is 2.32. The van der Waals surface area contributed by atoms with Crippen LogP contribution in [0, 0.1) is 0 Å². The van der Waals surface area contributed by atoms with Crippen molar-refractivity contribution in [3.63, 3.8) is 0 Å². The molecule has 4 nitrogen and oxygen atoms in total. The molecule has 0 atom stereocenters. The molecule has 0 amide bonds. The van der Waals surface area contributed by atoms with E-state index in [1.54, 1.807) is 11.3 Å². The molecule has 1 saturated carbocycles. The molecule has 1 aromatic heterocycles. The number of halogens is 1.